The van der Waals surface area contributed by atoms with Gasteiger partial charge in [-0.3, -0.25) is 19.0 Å². The van der Waals surface area contributed by atoms with Gasteiger partial charge >= 0.3 is 5.97 Å². The van der Waals surface area contributed by atoms with E-state index in [-0.39, 0.29) is 17.9 Å². The molecule has 2 aromatic heterocycles. The number of ketones is 1. The predicted molar refractivity (Wildman–Crippen MR) is 159 cm³/mol. The summed E-state index contributed by atoms with van der Waals surface area (Å²) in [4.78, 5) is 41.2. The van der Waals surface area contributed by atoms with E-state index in [4.69, 9.17) is 4.74 Å². The summed E-state index contributed by atoms with van der Waals surface area (Å²) < 4.78 is 9.03. The van der Waals surface area contributed by atoms with Crippen LogP contribution in [-0.4, -0.2) is 27.5 Å². The molecule has 0 fully saturated rings. The minimum atomic E-state index is -1.27. The largest absolute Gasteiger partial charge is 0.465 e. The topological polar surface area (TPSA) is 70.3 Å². The molecule has 5 rings (SSSR count). The third-order valence-electron chi connectivity index (χ3n) is 7.21. The number of benzene rings is 3. The Morgan fingerprint density at radius 3 is 1.88 bits per heavy atom. The van der Waals surface area contributed by atoms with Crippen molar-refractivity contribution in [1.82, 2.24) is 9.13 Å². The number of hydrogen-bond acceptors (Lipinski definition) is 4. The van der Waals surface area contributed by atoms with Crippen molar-refractivity contribution < 1.29 is 14.3 Å². The smallest absolute Gasteiger partial charge is 0.321 e. The lowest BCUT2D eigenvalue weighted by Gasteiger charge is -2.17. The molecule has 40 heavy (non-hydrogen) atoms. The highest BCUT2D eigenvalue weighted by molar-refractivity contribution is 6.10. The van der Waals surface area contributed by atoms with E-state index < -0.39 is 11.9 Å². The summed E-state index contributed by atoms with van der Waals surface area (Å²) in [5.41, 5.74) is 6.51. The number of aryl methyl sites for hydroxylation is 3. The first kappa shape index (κ1) is 26.9. The van der Waals surface area contributed by atoms with Gasteiger partial charge in [-0.2, -0.15) is 0 Å². The molecule has 0 saturated heterocycles. The summed E-state index contributed by atoms with van der Waals surface area (Å²) >= 11 is 0. The third kappa shape index (κ3) is 4.66. The van der Waals surface area contributed by atoms with Crippen LogP contribution in [0.1, 0.15) is 42.1 Å². The first-order valence-corrected chi connectivity index (χ1v) is 13.4. The van der Waals surface area contributed by atoms with Crippen LogP contribution in [0.3, 0.4) is 0 Å². The molecule has 202 valence electrons. The van der Waals surface area contributed by atoms with Gasteiger partial charge in [0.2, 0.25) is 0 Å². The zero-order chi connectivity index (χ0) is 28.6. The minimum Gasteiger partial charge on any atom is -0.465 e. The van der Waals surface area contributed by atoms with Crippen molar-refractivity contribution in [2.24, 2.45) is 0 Å². The normalized spacial score (nSPS) is 11.9. The van der Waals surface area contributed by atoms with Crippen LogP contribution in [0, 0.1) is 20.8 Å². The van der Waals surface area contributed by atoms with Crippen molar-refractivity contribution in [1.29, 1.82) is 0 Å². The van der Waals surface area contributed by atoms with E-state index in [9.17, 15) is 14.4 Å². The fourth-order valence-corrected chi connectivity index (χ4v) is 5.36. The Bertz CT molecular complexity index is 1780. The fourth-order valence-electron chi connectivity index (χ4n) is 5.36. The first-order chi connectivity index (χ1) is 19.2. The van der Waals surface area contributed by atoms with Gasteiger partial charge in [0.1, 0.15) is 11.7 Å². The van der Waals surface area contributed by atoms with Gasteiger partial charge in [0, 0.05) is 22.6 Å². The number of rotatable bonds is 7. The molecule has 0 radical (unpaired) electrons. The Kier molecular flexibility index (Phi) is 7.26. The molecule has 2 heterocycles. The van der Waals surface area contributed by atoms with Gasteiger partial charge in [-0.05, 0) is 70.5 Å². The number of Topliss-reactive ketones (excluding diaryl/α,β-unsaturated/α-hetero) is 1. The van der Waals surface area contributed by atoms with Crippen LogP contribution in [0.4, 0.5) is 0 Å². The van der Waals surface area contributed by atoms with Gasteiger partial charge in [0.05, 0.1) is 23.2 Å². The number of fused-ring (bicyclic) bond motifs is 1. The quantitative estimate of drug-likeness (QED) is 0.175. The summed E-state index contributed by atoms with van der Waals surface area (Å²) in [5, 5.41) is 0.318. The zero-order valence-corrected chi connectivity index (χ0v) is 23.4. The highest BCUT2D eigenvalue weighted by Gasteiger charge is 2.36. The third-order valence-corrected chi connectivity index (χ3v) is 7.21. The van der Waals surface area contributed by atoms with Crippen LogP contribution in [0.5, 0.6) is 0 Å². The molecule has 0 bridgehead atoms. The molecular weight excluding hydrogens is 500 g/mol. The van der Waals surface area contributed by atoms with Crippen LogP contribution >= 0.6 is 0 Å². The number of carbonyl (C=O) groups excluding carboxylic acids is 2. The van der Waals surface area contributed by atoms with Crippen LogP contribution in [0.25, 0.3) is 33.5 Å². The Labute approximate surface area is 233 Å². The second-order valence-corrected chi connectivity index (χ2v) is 10.1. The molecular formula is C34H32N2O4. The lowest BCUT2D eigenvalue weighted by molar-refractivity contribution is -0.147. The molecule has 0 N–H and O–H groups in total. The van der Waals surface area contributed by atoms with E-state index in [1.807, 2.05) is 110 Å². The molecule has 1 atom stereocenters. The summed E-state index contributed by atoms with van der Waals surface area (Å²) in [6.45, 7) is 9.09. The van der Waals surface area contributed by atoms with E-state index in [1.54, 1.807) is 11.5 Å². The molecule has 6 nitrogen and oxygen atoms in total. The van der Waals surface area contributed by atoms with E-state index in [1.165, 1.54) is 6.92 Å². The van der Waals surface area contributed by atoms with Crippen molar-refractivity contribution >= 4 is 22.7 Å². The highest BCUT2D eigenvalue weighted by atomic mass is 16.5. The highest BCUT2D eigenvalue weighted by Crippen LogP contribution is 2.40. The molecule has 6 heteroatoms. The van der Waals surface area contributed by atoms with Gasteiger partial charge in [0.25, 0.3) is 5.56 Å². The number of pyridine rings is 1. The monoisotopic (exact) mass is 532 g/mol. The number of esters is 1. The van der Waals surface area contributed by atoms with Crippen molar-refractivity contribution in [3.8, 4) is 22.6 Å². The lowest BCUT2D eigenvalue weighted by atomic mass is 9.90. The number of ether oxygens (including phenoxy) is 1. The summed E-state index contributed by atoms with van der Waals surface area (Å²) in [6, 6.07) is 27.2. The lowest BCUT2D eigenvalue weighted by Crippen LogP contribution is -2.26. The maximum atomic E-state index is 14.5. The first-order valence-electron chi connectivity index (χ1n) is 13.4. The molecule has 0 spiro atoms. The van der Waals surface area contributed by atoms with Gasteiger partial charge < -0.3 is 9.30 Å². The second-order valence-electron chi connectivity index (χ2n) is 10.1. The Morgan fingerprint density at radius 2 is 1.35 bits per heavy atom. The summed E-state index contributed by atoms with van der Waals surface area (Å²) in [6.07, 6.45) is 0. The van der Waals surface area contributed by atoms with Crippen molar-refractivity contribution in [2.45, 2.75) is 40.5 Å². The average Bonchev–Trinajstić information content (AvgIpc) is 3.25. The van der Waals surface area contributed by atoms with E-state index in [2.05, 4.69) is 0 Å². The molecule has 1 unspecified atom stereocenters. The summed E-state index contributed by atoms with van der Waals surface area (Å²) in [5.74, 6) is -2.33. The predicted octanol–water partition coefficient (Wildman–Crippen LogP) is 6.61. The van der Waals surface area contributed by atoms with Crippen molar-refractivity contribution in [3.05, 3.63) is 118 Å². The minimum absolute atomic E-state index is 0.118. The molecule has 0 amide bonds. The van der Waals surface area contributed by atoms with Gasteiger partial charge in [0.15, 0.2) is 0 Å². The molecule has 0 aliphatic heterocycles. The van der Waals surface area contributed by atoms with E-state index in [0.29, 0.717) is 27.8 Å². The van der Waals surface area contributed by atoms with Crippen molar-refractivity contribution in [3.63, 3.8) is 0 Å². The molecule has 5 aromatic rings. The van der Waals surface area contributed by atoms with Crippen LogP contribution < -0.4 is 5.56 Å². The van der Waals surface area contributed by atoms with Gasteiger partial charge in [-0.25, -0.2) is 0 Å². The van der Waals surface area contributed by atoms with E-state index >= 15 is 0 Å². The summed E-state index contributed by atoms with van der Waals surface area (Å²) in [7, 11) is 0. The zero-order valence-electron chi connectivity index (χ0n) is 23.4. The number of nitrogens with zero attached hydrogens (tertiary/aromatic N) is 2. The maximum Gasteiger partial charge on any atom is 0.321 e. The van der Waals surface area contributed by atoms with Crippen LogP contribution in [-0.2, 0) is 14.3 Å². The van der Waals surface area contributed by atoms with Crippen LogP contribution in [0.2, 0.25) is 0 Å². The number of aromatic nitrogens is 2. The van der Waals surface area contributed by atoms with Gasteiger partial charge in [-0.15, -0.1) is 0 Å². The number of hydrogen-bond donors (Lipinski definition) is 0. The Morgan fingerprint density at radius 1 is 0.800 bits per heavy atom. The molecule has 0 aliphatic carbocycles. The standard InChI is InChI=1S/C34H32N2O4/c1-6-40-34(39)29(24(5)37)31-30-28(20-23(4)35(33(30)38)26-16-12-21(2)13-17-26)36(27-18-14-22(3)15-19-27)32(31)25-10-8-7-9-11-25/h7-20,29H,6H2,1-5H3. The molecule has 0 saturated carbocycles. The van der Waals surface area contributed by atoms with Crippen molar-refractivity contribution in [2.75, 3.05) is 6.61 Å². The Balaban J connectivity index is 2.02. The SMILES string of the molecule is CCOC(=O)C(C(C)=O)c1c(-c2ccccc2)n(-c2ccc(C)cc2)c2cc(C)n(-c3ccc(C)cc3)c(=O)c12. The van der Waals surface area contributed by atoms with E-state index in [0.717, 1.165) is 28.1 Å². The van der Waals surface area contributed by atoms with Gasteiger partial charge in [-0.1, -0.05) is 65.7 Å². The fraction of sp³-hybridized carbons (Fsp3) is 0.206. The Hall–Kier alpha value is -4.71. The van der Waals surface area contributed by atoms with Crippen LogP contribution in [0.15, 0.2) is 89.7 Å². The molecule has 3 aromatic carbocycles. The number of carbonyl (C=O) groups is 2. The average molecular weight is 533 g/mol. The molecule has 0 aliphatic rings. The second kappa shape index (κ2) is 10.8. The maximum absolute atomic E-state index is 14.5.